The molecule has 0 saturated carbocycles. The van der Waals surface area contributed by atoms with Crippen molar-refractivity contribution in [2.45, 2.75) is 4.90 Å². The van der Waals surface area contributed by atoms with Gasteiger partial charge in [0.2, 0.25) is 0 Å². The van der Waals surface area contributed by atoms with E-state index in [2.05, 4.69) is 41.4 Å². The Hall–Kier alpha value is -4.22. The van der Waals surface area contributed by atoms with E-state index in [0.717, 1.165) is 60.5 Å². The fourth-order valence-electron chi connectivity index (χ4n) is 4.25. The van der Waals surface area contributed by atoms with Crippen molar-refractivity contribution >= 4 is 39.7 Å². The summed E-state index contributed by atoms with van der Waals surface area (Å²) in [6.45, 7) is 0. The van der Waals surface area contributed by atoms with Gasteiger partial charge in [-0.05, 0) is 53.6 Å². The van der Waals surface area contributed by atoms with E-state index >= 15 is 0 Å². The van der Waals surface area contributed by atoms with Gasteiger partial charge in [0.15, 0.2) is 0 Å². The normalized spacial score (nSPS) is 11.2. The van der Waals surface area contributed by atoms with E-state index in [4.69, 9.17) is 14.9 Å². The monoisotopic (exact) mass is 459 g/mol. The molecule has 0 spiro atoms. The lowest BCUT2D eigenvalue weighted by molar-refractivity contribution is 0.647. The zero-order valence-corrected chi connectivity index (χ0v) is 19.0. The van der Waals surface area contributed by atoms with Crippen LogP contribution in [0.3, 0.4) is 0 Å². The lowest BCUT2D eigenvalue weighted by Gasteiger charge is -2.12. The number of nitrogens with one attached hydrogen (secondary N) is 1. The topological polar surface area (TPSA) is 63.9 Å². The number of hydrogen-bond acceptors (Lipinski definition) is 4. The van der Waals surface area contributed by atoms with Crippen molar-refractivity contribution in [2.24, 2.45) is 0 Å². The minimum absolute atomic E-state index is 0.740. The lowest BCUT2D eigenvalue weighted by Crippen LogP contribution is -1.90. The number of nitrogens with two attached hydrogens (primary N) is 1. The molecule has 3 N–H and O–H groups in total. The molecule has 0 radical (unpaired) electrons. The average molecular weight is 460 g/mol. The second kappa shape index (κ2) is 8.61. The molecule has 6 rings (SSSR count). The quantitative estimate of drug-likeness (QED) is 0.205. The zero-order valence-electron chi connectivity index (χ0n) is 18.2. The Morgan fingerprint density at radius 2 is 1.50 bits per heavy atom. The number of anilines is 1. The van der Waals surface area contributed by atoms with Gasteiger partial charge in [-0.2, -0.15) is 0 Å². The third kappa shape index (κ3) is 3.76. The molecule has 164 valence electrons. The Labute approximate surface area is 201 Å². The van der Waals surface area contributed by atoms with E-state index in [0.29, 0.717) is 0 Å². The van der Waals surface area contributed by atoms with E-state index in [-0.39, 0.29) is 0 Å². The second-order valence-electron chi connectivity index (χ2n) is 8.07. The highest BCUT2D eigenvalue weighted by molar-refractivity contribution is 7.95. The largest absolute Gasteiger partial charge is 0.421 e. The van der Waals surface area contributed by atoms with Crippen LogP contribution in [0.15, 0.2) is 114 Å². The Bertz CT molecular complexity index is 1590. The van der Waals surface area contributed by atoms with Crippen molar-refractivity contribution in [3.05, 3.63) is 109 Å². The number of pyridine rings is 1. The molecular weight excluding hydrogens is 438 g/mol. The van der Waals surface area contributed by atoms with Gasteiger partial charge in [-0.3, -0.25) is 0 Å². The number of H-pyrrole nitrogens is 1. The summed E-state index contributed by atoms with van der Waals surface area (Å²) in [4.78, 5) is 9.33. The van der Waals surface area contributed by atoms with Crippen LogP contribution < -0.4 is 9.92 Å². The first-order valence-corrected chi connectivity index (χ1v) is 11.8. The molecule has 0 aliphatic rings. The molecule has 0 aliphatic heterocycles. The second-order valence-corrected chi connectivity index (χ2v) is 8.88. The number of fused-ring (bicyclic) bond motifs is 3. The molecule has 34 heavy (non-hydrogen) atoms. The van der Waals surface area contributed by atoms with Crippen LogP contribution >= 0.6 is 12.0 Å². The van der Waals surface area contributed by atoms with E-state index in [9.17, 15) is 0 Å². The first-order chi connectivity index (χ1) is 16.8. The lowest BCUT2D eigenvalue weighted by atomic mass is 9.92. The number of aromatic amines is 1. The summed E-state index contributed by atoms with van der Waals surface area (Å²) in [5, 5.41) is 2.15. The SMILES string of the molecule is Nc1ccc(-c2cnc3[nH]c4ccc(OSc5ccccc5)cc4c3c2-c2ccccc2)cc1. The number of hydrogen-bond donors (Lipinski definition) is 2. The minimum Gasteiger partial charge on any atom is -0.421 e. The molecule has 2 aromatic heterocycles. The van der Waals surface area contributed by atoms with Gasteiger partial charge < -0.3 is 14.9 Å². The van der Waals surface area contributed by atoms with E-state index in [1.807, 2.05) is 72.9 Å². The highest BCUT2D eigenvalue weighted by Gasteiger charge is 2.17. The highest BCUT2D eigenvalue weighted by atomic mass is 32.2. The molecule has 0 fully saturated rings. The van der Waals surface area contributed by atoms with Crippen molar-refractivity contribution in [3.8, 4) is 28.0 Å². The Balaban J connectivity index is 1.55. The predicted molar refractivity (Wildman–Crippen MR) is 142 cm³/mol. The van der Waals surface area contributed by atoms with Crippen molar-refractivity contribution in [2.75, 3.05) is 5.73 Å². The van der Waals surface area contributed by atoms with Crippen LogP contribution in [-0.4, -0.2) is 9.97 Å². The maximum absolute atomic E-state index is 6.06. The zero-order chi connectivity index (χ0) is 22.9. The van der Waals surface area contributed by atoms with Gasteiger partial charge in [0, 0.05) is 44.2 Å². The van der Waals surface area contributed by atoms with Gasteiger partial charge in [0.25, 0.3) is 0 Å². The molecule has 2 heterocycles. The molecule has 0 amide bonds. The first kappa shape index (κ1) is 20.4. The van der Waals surface area contributed by atoms with Gasteiger partial charge in [-0.25, -0.2) is 4.98 Å². The van der Waals surface area contributed by atoms with Gasteiger partial charge in [-0.15, -0.1) is 0 Å². The molecular formula is C29H21N3OS. The third-order valence-electron chi connectivity index (χ3n) is 5.85. The number of rotatable bonds is 5. The van der Waals surface area contributed by atoms with Crippen LogP contribution in [0.25, 0.3) is 44.2 Å². The standard InChI is InChI=1S/C29H21N3OS/c30-21-13-11-19(12-14-21)25-18-31-29-28(27(25)20-7-3-1-4-8-20)24-17-22(15-16-26(24)32-29)33-34-23-9-5-2-6-10-23/h1-18H,30H2,(H,31,32). The van der Waals surface area contributed by atoms with Gasteiger partial charge in [0.1, 0.15) is 11.4 Å². The Morgan fingerprint density at radius 3 is 2.26 bits per heavy atom. The molecule has 0 aliphatic carbocycles. The highest BCUT2D eigenvalue weighted by Crippen LogP contribution is 2.41. The van der Waals surface area contributed by atoms with Crippen molar-refractivity contribution in [1.29, 1.82) is 0 Å². The fourth-order valence-corrected chi connectivity index (χ4v) is 4.81. The predicted octanol–water partition coefficient (Wildman–Crippen LogP) is 7.72. The van der Waals surface area contributed by atoms with Crippen LogP contribution in [-0.2, 0) is 0 Å². The summed E-state index contributed by atoms with van der Waals surface area (Å²) in [6, 6.07) is 34.6. The smallest absolute Gasteiger partial charge is 0.138 e. The van der Waals surface area contributed by atoms with E-state index < -0.39 is 0 Å². The number of benzene rings is 4. The van der Waals surface area contributed by atoms with Crippen molar-refractivity contribution in [3.63, 3.8) is 0 Å². The molecule has 6 aromatic rings. The van der Waals surface area contributed by atoms with Crippen LogP contribution in [0.2, 0.25) is 0 Å². The third-order valence-corrected chi connectivity index (χ3v) is 6.59. The van der Waals surface area contributed by atoms with Gasteiger partial charge >= 0.3 is 0 Å². The van der Waals surface area contributed by atoms with E-state index in [1.54, 1.807) is 0 Å². The number of nitrogens with zero attached hydrogens (tertiary/aromatic N) is 1. The summed E-state index contributed by atoms with van der Waals surface area (Å²) < 4.78 is 6.06. The molecule has 0 atom stereocenters. The van der Waals surface area contributed by atoms with Gasteiger partial charge in [-0.1, -0.05) is 60.7 Å². The van der Waals surface area contributed by atoms with Gasteiger partial charge in [0.05, 0.1) is 12.0 Å². The number of nitrogen functional groups attached to an aromatic ring is 1. The van der Waals surface area contributed by atoms with E-state index in [1.165, 1.54) is 12.0 Å². The summed E-state index contributed by atoms with van der Waals surface area (Å²) in [5.41, 5.74) is 13.0. The fraction of sp³-hybridized carbons (Fsp3) is 0. The first-order valence-electron chi connectivity index (χ1n) is 11.0. The molecule has 0 bridgehead atoms. The molecule has 4 nitrogen and oxygen atoms in total. The molecule has 0 unspecified atom stereocenters. The summed E-state index contributed by atoms with van der Waals surface area (Å²) in [6.07, 6.45) is 1.94. The summed E-state index contributed by atoms with van der Waals surface area (Å²) in [5.74, 6) is 0.791. The maximum Gasteiger partial charge on any atom is 0.138 e. The van der Waals surface area contributed by atoms with Crippen molar-refractivity contribution in [1.82, 2.24) is 9.97 Å². The number of aromatic nitrogens is 2. The minimum atomic E-state index is 0.740. The van der Waals surface area contributed by atoms with Crippen LogP contribution in [0.5, 0.6) is 5.75 Å². The summed E-state index contributed by atoms with van der Waals surface area (Å²) >= 11 is 1.35. The average Bonchev–Trinajstić information content (AvgIpc) is 3.26. The van der Waals surface area contributed by atoms with Crippen LogP contribution in [0.1, 0.15) is 0 Å². The van der Waals surface area contributed by atoms with Crippen LogP contribution in [0.4, 0.5) is 5.69 Å². The maximum atomic E-state index is 6.06. The molecule has 4 aromatic carbocycles. The molecule has 0 saturated heterocycles. The Kier molecular flexibility index (Phi) is 5.17. The van der Waals surface area contributed by atoms with Crippen molar-refractivity contribution < 1.29 is 4.18 Å². The molecule has 5 heteroatoms. The van der Waals surface area contributed by atoms with Crippen LogP contribution in [0, 0.1) is 0 Å². The summed E-state index contributed by atoms with van der Waals surface area (Å²) in [7, 11) is 0. The Morgan fingerprint density at radius 1 is 0.765 bits per heavy atom.